The lowest BCUT2D eigenvalue weighted by molar-refractivity contribution is -0.118. The number of thioether (sulfide) groups is 1. The molecule has 1 heterocycles. The highest BCUT2D eigenvalue weighted by atomic mass is 79.9. The Hall–Kier alpha value is -2.02. The molecule has 0 radical (unpaired) electrons. The van der Waals surface area contributed by atoms with Crippen LogP contribution in [0.3, 0.4) is 0 Å². The number of benzene rings is 2. The van der Waals surface area contributed by atoms with Gasteiger partial charge in [0.25, 0.3) is 0 Å². The van der Waals surface area contributed by atoms with Gasteiger partial charge >= 0.3 is 0 Å². The third kappa shape index (κ3) is 5.53. The summed E-state index contributed by atoms with van der Waals surface area (Å²) < 4.78 is 3.13. The lowest BCUT2D eigenvalue weighted by Gasteiger charge is -2.08. The number of carbonyl (C=O) groups excluding carboxylic acids is 1. The third-order valence-corrected chi connectivity index (χ3v) is 6.68. The molecular weight excluding hydrogens is 470 g/mol. The van der Waals surface area contributed by atoms with E-state index in [1.165, 1.54) is 11.8 Å². The van der Waals surface area contributed by atoms with Crippen LogP contribution in [0.1, 0.15) is 22.5 Å². The van der Waals surface area contributed by atoms with Gasteiger partial charge < -0.3 is 4.57 Å². The molecule has 0 fully saturated rings. The normalized spacial score (nSPS) is 11.2. The van der Waals surface area contributed by atoms with Crippen molar-refractivity contribution in [2.24, 2.45) is 5.10 Å². The van der Waals surface area contributed by atoms with Crippen molar-refractivity contribution in [2.45, 2.75) is 19.6 Å². The molecule has 4 nitrogen and oxygen atoms in total. The average molecular weight is 491 g/mol. The first-order chi connectivity index (χ1) is 14.0. The van der Waals surface area contributed by atoms with E-state index in [0.717, 1.165) is 38.4 Å². The summed E-state index contributed by atoms with van der Waals surface area (Å²) in [7, 11) is 0. The molecule has 1 aromatic heterocycles. The molecule has 2 aromatic carbocycles. The van der Waals surface area contributed by atoms with Gasteiger partial charge in [0.05, 0.1) is 12.0 Å². The summed E-state index contributed by atoms with van der Waals surface area (Å²) in [5.74, 6) is 0.954. The van der Waals surface area contributed by atoms with E-state index >= 15 is 0 Å². The van der Waals surface area contributed by atoms with Crippen molar-refractivity contribution in [1.82, 2.24) is 9.99 Å². The number of rotatable bonds is 7. The Bertz CT molecular complexity index is 1020. The first kappa shape index (κ1) is 21.7. The maximum atomic E-state index is 12.1. The summed E-state index contributed by atoms with van der Waals surface area (Å²) in [4.78, 5) is 12.1. The van der Waals surface area contributed by atoms with Crippen LogP contribution in [0.25, 0.3) is 5.69 Å². The summed E-state index contributed by atoms with van der Waals surface area (Å²) in [5, 5.41) is 4.86. The topological polar surface area (TPSA) is 46.4 Å². The van der Waals surface area contributed by atoms with Crippen LogP contribution in [0, 0.1) is 13.8 Å². The van der Waals surface area contributed by atoms with Gasteiger partial charge in [-0.25, -0.2) is 5.43 Å². The standard InChI is InChI=1S/C22H21BrClN3OS/c1-15-20(22(23)16(2)27(15)19-6-4-3-5-7-19)12-25-26-21(28)14-29-13-17-8-10-18(24)11-9-17/h3-12H,13-14H2,1-2H3,(H,26,28)/b25-12-. The Morgan fingerprint density at radius 2 is 1.83 bits per heavy atom. The van der Waals surface area contributed by atoms with Gasteiger partial charge in [-0.05, 0) is 59.6 Å². The van der Waals surface area contributed by atoms with Gasteiger partial charge in [0.1, 0.15) is 0 Å². The number of hydrogen-bond acceptors (Lipinski definition) is 3. The Kier molecular flexibility index (Phi) is 7.58. The maximum absolute atomic E-state index is 12.1. The highest BCUT2D eigenvalue weighted by Crippen LogP contribution is 2.29. The van der Waals surface area contributed by atoms with Crippen LogP contribution in [-0.2, 0) is 10.5 Å². The van der Waals surface area contributed by atoms with Crippen molar-refractivity contribution in [2.75, 3.05) is 5.75 Å². The summed E-state index contributed by atoms with van der Waals surface area (Å²) in [6, 6.07) is 17.8. The fourth-order valence-corrected chi connectivity index (χ4v) is 4.45. The molecule has 0 aliphatic rings. The molecule has 1 N–H and O–H groups in total. The van der Waals surface area contributed by atoms with Crippen molar-refractivity contribution in [1.29, 1.82) is 0 Å². The van der Waals surface area contributed by atoms with Gasteiger partial charge in [0.2, 0.25) is 5.91 Å². The molecule has 3 aromatic rings. The lowest BCUT2D eigenvalue weighted by Crippen LogP contribution is -2.19. The van der Waals surface area contributed by atoms with Crippen molar-refractivity contribution >= 4 is 51.4 Å². The maximum Gasteiger partial charge on any atom is 0.250 e. The van der Waals surface area contributed by atoms with Crippen LogP contribution in [0.4, 0.5) is 0 Å². The van der Waals surface area contributed by atoms with Crippen LogP contribution in [0.2, 0.25) is 5.02 Å². The van der Waals surface area contributed by atoms with Crippen LogP contribution in [-0.4, -0.2) is 22.4 Å². The highest BCUT2D eigenvalue weighted by molar-refractivity contribution is 9.10. The predicted octanol–water partition coefficient (Wildman–Crippen LogP) is 5.89. The Labute approximate surface area is 188 Å². The summed E-state index contributed by atoms with van der Waals surface area (Å²) in [6.45, 7) is 4.09. The number of aromatic nitrogens is 1. The number of para-hydroxylation sites is 1. The first-order valence-corrected chi connectivity index (χ1v) is 11.4. The molecule has 0 spiro atoms. The van der Waals surface area contributed by atoms with Crippen LogP contribution in [0.5, 0.6) is 0 Å². The largest absolute Gasteiger partial charge is 0.317 e. The molecular formula is C22H21BrClN3OS. The van der Waals surface area contributed by atoms with Gasteiger partial charge in [-0.2, -0.15) is 5.10 Å². The molecule has 150 valence electrons. The minimum Gasteiger partial charge on any atom is -0.317 e. The van der Waals surface area contributed by atoms with Crippen LogP contribution < -0.4 is 5.43 Å². The molecule has 0 saturated carbocycles. The fraction of sp³-hybridized carbons (Fsp3) is 0.182. The Morgan fingerprint density at radius 3 is 2.52 bits per heavy atom. The highest BCUT2D eigenvalue weighted by Gasteiger charge is 2.15. The second kappa shape index (κ2) is 10.1. The summed E-state index contributed by atoms with van der Waals surface area (Å²) >= 11 is 11.1. The molecule has 0 atom stereocenters. The molecule has 29 heavy (non-hydrogen) atoms. The zero-order chi connectivity index (χ0) is 20.8. The molecule has 1 amide bonds. The van der Waals surface area contributed by atoms with E-state index in [1.807, 2.05) is 56.3 Å². The van der Waals surface area contributed by atoms with Crippen molar-refractivity contribution in [3.8, 4) is 5.69 Å². The SMILES string of the molecule is Cc1c(Br)c(/C=N\NC(=O)CSCc2ccc(Cl)cc2)c(C)n1-c1ccccc1. The quantitative estimate of drug-likeness (QED) is 0.331. The molecule has 0 unspecified atom stereocenters. The van der Waals surface area contributed by atoms with E-state index in [0.29, 0.717) is 10.8 Å². The van der Waals surface area contributed by atoms with Gasteiger partial charge in [-0.1, -0.05) is 41.9 Å². The molecule has 0 aliphatic heterocycles. The summed E-state index contributed by atoms with van der Waals surface area (Å²) in [5.41, 5.74) is 7.91. The number of nitrogens with zero attached hydrogens (tertiary/aromatic N) is 2. The third-order valence-electron chi connectivity index (χ3n) is 4.43. The first-order valence-electron chi connectivity index (χ1n) is 9.04. The predicted molar refractivity (Wildman–Crippen MR) is 126 cm³/mol. The van der Waals surface area contributed by atoms with Crippen LogP contribution >= 0.6 is 39.3 Å². The van der Waals surface area contributed by atoms with E-state index in [4.69, 9.17) is 11.6 Å². The molecule has 0 saturated heterocycles. The van der Waals surface area contributed by atoms with Gasteiger partial charge in [-0.3, -0.25) is 4.79 Å². The van der Waals surface area contributed by atoms with Gasteiger partial charge in [-0.15, -0.1) is 11.8 Å². The second-order valence-electron chi connectivity index (χ2n) is 6.48. The lowest BCUT2D eigenvalue weighted by atomic mass is 10.2. The van der Waals surface area contributed by atoms with Crippen LogP contribution in [0.15, 0.2) is 64.2 Å². The van der Waals surface area contributed by atoms with E-state index in [1.54, 1.807) is 6.21 Å². The van der Waals surface area contributed by atoms with Crippen molar-refractivity contribution in [3.05, 3.63) is 86.6 Å². The van der Waals surface area contributed by atoms with E-state index in [-0.39, 0.29) is 5.91 Å². The fourth-order valence-electron chi connectivity index (χ4n) is 2.98. The Morgan fingerprint density at radius 1 is 1.14 bits per heavy atom. The number of amides is 1. The number of hydrazone groups is 1. The molecule has 0 aliphatic carbocycles. The smallest absolute Gasteiger partial charge is 0.250 e. The number of halogens is 2. The molecule has 3 rings (SSSR count). The number of hydrogen-bond donors (Lipinski definition) is 1. The minimum absolute atomic E-state index is 0.131. The minimum atomic E-state index is -0.131. The molecule has 0 bridgehead atoms. The van der Waals surface area contributed by atoms with E-state index < -0.39 is 0 Å². The number of carbonyl (C=O) groups is 1. The summed E-state index contributed by atoms with van der Waals surface area (Å²) in [6.07, 6.45) is 1.69. The number of nitrogens with one attached hydrogen (secondary N) is 1. The van der Waals surface area contributed by atoms with E-state index in [9.17, 15) is 4.79 Å². The van der Waals surface area contributed by atoms with Gasteiger partial charge in [0.15, 0.2) is 0 Å². The second-order valence-corrected chi connectivity index (χ2v) is 8.70. The zero-order valence-corrected chi connectivity index (χ0v) is 19.3. The van der Waals surface area contributed by atoms with Crippen molar-refractivity contribution < 1.29 is 4.79 Å². The van der Waals surface area contributed by atoms with E-state index in [2.05, 4.69) is 43.2 Å². The Balaban J connectivity index is 1.58. The monoisotopic (exact) mass is 489 g/mol. The average Bonchev–Trinajstić information content (AvgIpc) is 2.93. The van der Waals surface area contributed by atoms with Gasteiger partial charge in [0, 0.05) is 37.9 Å². The van der Waals surface area contributed by atoms with Crippen molar-refractivity contribution in [3.63, 3.8) is 0 Å². The zero-order valence-electron chi connectivity index (χ0n) is 16.2. The molecule has 7 heteroatoms.